The fourth-order valence-corrected chi connectivity index (χ4v) is 5.99. The first kappa shape index (κ1) is 31.0. The molecule has 1 N–H and O–H groups in total. The van der Waals surface area contributed by atoms with E-state index in [1.807, 2.05) is 45.0 Å². The number of carbonyl (C=O) groups is 2. The molecule has 3 aromatic rings. The SMILES string of the molecule is CCCNC(=O)[C@H](CC)N(Cc1cccc(C)c1)C(=O)CN(c1cc(Cl)ccc1OC)S(=O)(=O)c1ccccc1. The second kappa shape index (κ2) is 14.2. The van der Waals surface area contributed by atoms with Crippen molar-refractivity contribution in [3.8, 4) is 5.75 Å². The number of aryl methyl sites for hydroxylation is 1. The molecule has 0 radical (unpaired) electrons. The highest BCUT2D eigenvalue weighted by Gasteiger charge is 2.34. The van der Waals surface area contributed by atoms with Crippen molar-refractivity contribution in [3.63, 3.8) is 0 Å². The first-order valence-electron chi connectivity index (χ1n) is 13.2. The maximum atomic E-state index is 14.1. The van der Waals surface area contributed by atoms with E-state index in [2.05, 4.69) is 5.32 Å². The molecule has 0 heterocycles. The third-order valence-electron chi connectivity index (χ3n) is 6.39. The molecule has 2 amide bonds. The maximum absolute atomic E-state index is 14.1. The Kier molecular flexibility index (Phi) is 11.0. The van der Waals surface area contributed by atoms with Crippen LogP contribution in [0.3, 0.4) is 0 Å². The van der Waals surface area contributed by atoms with Crippen LogP contribution in [0.5, 0.6) is 5.75 Å². The molecular weight excluding hydrogens is 550 g/mol. The summed E-state index contributed by atoms with van der Waals surface area (Å²) in [6, 6.07) is 19.3. The average Bonchev–Trinajstić information content (AvgIpc) is 2.94. The molecule has 0 saturated carbocycles. The summed E-state index contributed by atoms with van der Waals surface area (Å²) in [6.07, 6.45) is 1.09. The Bertz CT molecular complexity index is 1420. The predicted molar refractivity (Wildman–Crippen MR) is 158 cm³/mol. The first-order valence-corrected chi connectivity index (χ1v) is 15.0. The summed E-state index contributed by atoms with van der Waals surface area (Å²) in [6.45, 7) is 5.74. The molecule has 0 aliphatic heterocycles. The molecular formula is C30H36ClN3O5S. The number of anilines is 1. The van der Waals surface area contributed by atoms with Crippen molar-refractivity contribution in [2.24, 2.45) is 0 Å². The molecule has 0 saturated heterocycles. The van der Waals surface area contributed by atoms with Gasteiger partial charge in [0.25, 0.3) is 10.0 Å². The van der Waals surface area contributed by atoms with Gasteiger partial charge in [0.05, 0.1) is 17.7 Å². The number of nitrogens with one attached hydrogen (secondary N) is 1. The number of carbonyl (C=O) groups excluding carboxylic acids is 2. The van der Waals surface area contributed by atoms with Gasteiger partial charge < -0.3 is 15.0 Å². The third-order valence-corrected chi connectivity index (χ3v) is 8.40. The van der Waals surface area contributed by atoms with Crippen molar-refractivity contribution in [3.05, 3.63) is 88.9 Å². The molecule has 0 spiro atoms. The monoisotopic (exact) mass is 585 g/mol. The summed E-state index contributed by atoms with van der Waals surface area (Å²) in [5.41, 5.74) is 1.95. The Morgan fingerprint density at radius 1 is 1.00 bits per heavy atom. The number of halogens is 1. The summed E-state index contributed by atoms with van der Waals surface area (Å²) in [7, 11) is -2.82. The number of sulfonamides is 1. The molecule has 10 heteroatoms. The number of benzene rings is 3. The lowest BCUT2D eigenvalue weighted by Crippen LogP contribution is -2.52. The van der Waals surface area contributed by atoms with Gasteiger partial charge in [-0.05, 0) is 55.7 Å². The molecule has 0 unspecified atom stereocenters. The number of ether oxygens (including phenoxy) is 1. The van der Waals surface area contributed by atoms with E-state index in [1.54, 1.807) is 30.3 Å². The number of hydrogen-bond donors (Lipinski definition) is 1. The first-order chi connectivity index (χ1) is 19.1. The van der Waals surface area contributed by atoms with Crippen LogP contribution in [-0.2, 0) is 26.2 Å². The topological polar surface area (TPSA) is 96.0 Å². The molecule has 3 rings (SSSR count). The van der Waals surface area contributed by atoms with Gasteiger partial charge in [0, 0.05) is 18.1 Å². The van der Waals surface area contributed by atoms with Gasteiger partial charge in [0.2, 0.25) is 11.8 Å². The van der Waals surface area contributed by atoms with E-state index in [0.29, 0.717) is 13.0 Å². The maximum Gasteiger partial charge on any atom is 0.264 e. The zero-order valence-corrected chi connectivity index (χ0v) is 24.8. The van der Waals surface area contributed by atoms with E-state index >= 15 is 0 Å². The molecule has 1 atom stereocenters. The third kappa shape index (κ3) is 7.55. The molecule has 0 aromatic heterocycles. The lowest BCUT2D eigenvalue weighted by molar-refractivity contribution is -0.140. The van der Waals surface area contributed by atoms with Gasteiger partial charge in [-0.1, -0.05) is 73.5 Å². The largest absolute Gasteiger partial charge is 0.495 e. The summed E-state index contributed by atoms with van der Waals surface area (Å²) in [5.74, 6) is -0.598. The van der Waals surface area contributed by atoms with Crippen LogP contribution in [0.4, 0.5) is 5.69 Å². The van der Waals surface area contributed by atoms with Crippen molar-refractivity contribution < 1.29 is 22.7 Å². The molecule has 0 aliphatic carbocycles. The second-order valence-corrected chi connectivity index (χ2v) is 11.7. The van der Waals surface area contributed by atoms with E-state index < -0.39 is 28.5 Å². The minimum absolute atomic E-state index is 0.00259. The Labute approximate surface area is 241 Å². The molecule has 0 fully saturated rings. The minimum atomic E-state index is -4.23. The summed E-state index contributed by atoms with van der Waals surface area (Å²) in [5, 5.41) is 3.16. The fraction of sp³-hybridized carbons (Fsp3) is 0.333. The van der Waals surface area contributed by atoms with Gasteiger partial charge in [-0.25, -0.2) is 8.42 Å². The highest BCUT2D eigenvalue weighted by atomic mass is 35.5. The Morgan fingerprint density at radius 2 is 1.73 bits per heavy atom. The van der Waals surface area contributed by atoms with Crippen molar-refractivity contribution >= 4 is 39.1 Å². The highest BCUT2D eigenvalue weighted by molar-refractivity contribution is 7.92. The Balaban J connectivity index is 2.11. The van der Waals surface area contributed by atoms with Crippen molar-refractivity contribution in [1.29, 1.82) is 0 Å². The summed E-state index contributed by atoms with van der Waals surface area (Å²) < 4.78 is 34.4. The van der Waals surface area contributed by atoms with Crippen LogP contribution in [-0.4, -0.2) is 51.4 Å². The van der Waals surface area contributed by atoms with Crippen molar-refractivity contribution in [1.82, 2.24) is 10.2 Å². The van der Waals surface area contributed by atoms with Gasteiger partial charge in [0.15, 0.2) is 0 Å². The van der Waals surface area contributed by atoms with Crippen LogP contribution in [0.25, 0.3) is 0 Å². The molecule has 0 bridgehead atoms. The van der Waals surface area contributed by atoms with Crippen LogP contribution >= 0.6 is 11.6 Å². The van der Waals surface area contributed by atoms with Gasteiger partial charge in [0.1, 0.15) is 18.3 Å². The number of rotatable bonds is 13. The summed E-state index contributed by atoms with van der Waals surface area (Å²) in [4.78, 5) is 28.8. The van der Waals surface area contributed by atoms with Gasteiger partial charge >= 0.3 is 0 Å². The van der Waals surface area contributed by atoms with Gasteiger partial charge in [-0.2, -0.15) is 0 Å². The number of methoxy groups -OCH3 is 1. The normalized spacial score (nSPS) is 11.9. The molecule has 3 aromatic carbocycles. The van der Waals surface area contributed by atoms with Crippen LogP contribution in [0, 0.1) is 6.92 Å². The van der Waals surface area contributed by atoms with E-state index in [-0.39, 0.29) is 33.8 Å². The van der Waals surface area contributed by atoms with E-state index in [1.165, 1.54) is 30.2 Å². The van der Waals surface area contributed by atoms with Crippen molar-refractivity contribution in [2.45, 2.75) is 51.1 Å². The predicted octanol–water partition coefficient (Wildman–Crippen LogP) is 5.19. The Hall–Kier alpha value is -3.56. The molecule has 8 nitrogen and oxygen atoms in total. The van der Waals surface area contributed by atoms with Crippen LogP contribution < -0.4 is 14.4 Å². The van der Waals surface area contributed by atoms with Crippen LogP contribution in [0.2, 0.25) is 5.02 Å². The smallest absolute Gasteiger partial charge is 0.264 e. The minimum Gasteiger partial charge on any atom is -0.495 e. The zero-order chi connectivity index (χ0) is 29.3. The molecule has 214 valence electrons. The van der Waals surface area contributed by atoms with Crippen LogP contribution in [0.15, 0.2) is 77.7 Å². The number of amides is 2. The van der Waals surface area contributed by atoms with Gasteiger partial charge in [-0.15, -0.1) is 0 Å². The summed E-state index contributed by atoms with van der Waals surface area (Å²) >= 11 is 6.27. The molecule has 0 aliphatic rings. The highest BCUT2D eigenvalue weighted by Crippen LogP contribution is 2.35. The van der Waals surface area contributed by atoms with E-state index in [4.69, 9.17) is 16.3 Å². The standard InChI is InChI=1S/C30H36ClN3O5S/c1-5-17-32-30(36)26(6-2)33(20-23-12-10-11-22(3)18-23)29(35)21-34(27-19-24(31)15-16-28(27)39-4)40(37,38)25-13-8-7-9-14-25/h7-16,18-19,26H,5-6,17,20-21H2,1-4H3,(H,32,36)/t26-/m0/s1. The van der Waals surface area contributed by atoms with E-state index in [9.17, 15) is 18.0 Å². The van der Waals surface area contributed by atoms with Crippen LogP contribution in [0.1, 0.15) is 37.8 Å². The second-order valence-electron chi connectivity index (χ2n) is 9.37. The molecule has 40 heavy (non-hydrogen) atoms. The van der Waals surface area contributed by atoms with E-state index in [0.717, 1.165) is 21.9 Å². The lowest BCUT2D eigenvalue weighted by atomic mass is 10.1. The Morgan fingerprint density at radius 3 is 2.35 bits per heavy atom. The average molecular weight is 586 g/mol. The quantitative estimate of drug-likeness (QED) is 0.298. The number of hydrogen-bond acceptors (Lipinski definition) is 5. The van der Waals surface area contributed by atoms with Gasteiger partial charge in [-0.3, -0.25) is 13.9 Å². The lowest BCUT2D eigenvalue weighted by Gasteiger charge is -2.33. The zero-order valence-electron chi connectivity index (χ0n) is 23.3. The fourth-order valence-electron chi connectivity index (χ4n) is 4.38. The van der Waals surface area contributed by atoms with Crippen molar-refractivity contribution in [2.75, 3.05) is 24.5 Å². The number of nitrogens with zero attached hydrogens (tertiary/aromatic N) is 2.